The molecule has 5 rings (SSSR count). The first-order valence-corrected chi connectivity index (χ1v) is 20.2. The van der Waals surface area contributed by atoms with Crippen LogP contribution in [0.3, 0.4) is 0 Å². The minimum atomic E-state index is -1.18. The number of pyridine rings is 1. The lowest BCUT2D eigenvalue weighted by Crippen LogP contribution is -2.46. The molecule has 3 heterocycles. The number of carbonyl (C=O) groups excluding carboxylic acids is 3. The topological polar surface area (TPSA) is 198 Å². The number of ketones is 1. The fraction of sp³-hybridized carbons (Fsp3) is 0.478. The number of fused-ring (bicyclic) bond motifs is 7. The van der Waals surface area contributed by atoms with E-state index in [1.165, 1.54) is 27.4 Å². The zero-order valence-corrected chi connectivity index (χ0v) is 36.5. The van der Waals surface area contributed by atoms with Crippen molar-refractivity contribution in [3.05, 3.63) is 71.2 Å². The molecule has 0 bridgehead atoms. The molecule has 2 aromatic carbocycles. The quantitative estimate of drug-likeness (QED) is 0.0250. The van der Waals surface area contributed by atoms with Crippen LogP contribution in [0.25, 0.3) is 27.5 Å². The molecular formula is C46H59N3O11. The second-order valence-electron chi connectivity index (χ2n) is 16.4. The number of phenolic OH excluding ortho intramolecular Hbond substituents is 2. The van der Waals surface area contributed by atoms with Crippen LogP contribution in [0.15, 0.2) is 54.5 Å². The second-order valence-corrected chi connectivity index (χ2v) is 16.4. The fourth-order valence-corrected chi connectivity index (χ4v) is 8.16. The van der Waals surface area contributed by atoms with Gasteiger partial charge in [0.05, 0.1) is 42.6 Å². The van der Waals surface area contributed by atoms with Crippen LogP contribution in [0.1, 0.15) is 83.3 Å². The summed E-state index contributed by atoms with van der Waals surface area (Å²) in [4.78, 5) is 44.8. The summed E-state index contributed by atoms with van der Waals surface area (Å²) in [6.07, 6.45) is 6.88. The molecule has 0 fully saturated rings. The van der Waals surface area contributed by atoms with Gasteiger partial charge in [0.2, 0.25) is 5.78 Å². The summed E-state index contributed by atoms with van der Waals surface area (Å²) in [5.41, 5.74) is 1.57. The summed E-state index contributed by atoms with van der Waals surface area (Å²) in [5.74, 6) is -3.97. The first-order valence-electron chi connectivity index (χ1n) is 20.2. The summed E-state index contributed by atoms with van der Waals surface area (Å²) >= 11 is 0. The number of benzene rings is 2. The average Bonchev–Trinajstić information content (AvgIpc) is 3.72. The van der Waals surface area contributed by atoms with Gasteiger partial charge >= 0.3 is 5.97 Å². The number of aromatic nitrogens is 2. The molecule has 0 spiro atoms. The molecule has 9 unspecified atom stereocenters. The maximum atomic E-state index is 14.0. The van der Waals surface area contributed by atoms with Crippen molar-refractivity contribution in [1.82, 2.24) is 9.38 Å². The van der Waals surface area contributed by atoms with Gasteiger partial charge in [0.25, 0.3) is 5.91 Å². The van der Waals surface area contributed by atoms with E-state index >= 15 is 0 Å². The molecule has 1 amide bonds. The van der Waals surface area contributed by atoms with E-state index < -0.39 is 65.4 Å². The standard InChI is InChI=1S/C46H59N3O11/c1-13-46(10)44(55)34-32-33(40(53)28(8)43(34)60-46)41(54)36(37-35(32)47-31-21-22(2)17-19-49(31)37)48-45(56)24(4)16-14-15-23(3)38(51)26(6)39(52)27(7)42(59-29(9)50)25(5)30(58-12)18-20-57-11/h14-21,23,25-27,30,38-39,42,51-54H,13H2,1-12H3,(H,48,56). The van der Waals surface area contributed by atoms with Gasteiger partial charge in [0, 0.05) is 60.4 Å². The molecule has 1 aliphatic rings. The number of imidazole rings is 1. The number of hydrogen-bond donors (Lipinski definition) is 5. The van der Waals surface area contributed by atoms with Crippen LogP contribution in [0.4, 0.5) is 5.69 Å². The highest BCUT2D eigenvalue weighted by atomic mass is 16.5. The number of aliphatic hydroxyl groups excluding tert-OH is 2. The van der Waals surface area contributed by atoms with Gasteiger partial charge in [-0.3, -0.25) is 18.8 Å². The first kappa shape index (κ1) is 45.6. The van der Waals surface area contributed by atoms with Crippen molar-refractivity contribution in [2.45, 2.75) is 106 Å². The van der Waals surface area contributed by atoms with Crippen molar-refractivity contribution in [1.29, 1.82) is 0 Å². The van der Waals surface area contributed by atoms with Crippen molar-refractivity contribution < 1.29 is 53.8 Å². The molecule has 324 valence electrons. The molecule has 5 N–H and O–H groups in total. The number of nitrogens with zero attached hydrogens (tertiary/aromatic N) is 2. The van der Waals surface area contributed by atoms with Crippen LogP contribution in [0.5, 0.6) is 17.2 Å². The molecule has 2 aromatic heterocycles. The molecular weight excluding hydrogens is 771 g/mol. The molecule has 14 nitrogen and oxygen atoms in total. The molecule has 60 heavy (non-hydrogen) atoms. The summed E-state index contributed by atoms with van der Waals surface area (Å²) in [7, 11) is 3.04. The lowest BCUT2D eigenvalue weighted by atomic mass is 9.78. The average molecular weight is 830 g/mol. The second kappa shape index (κ2) is 18.0. The van der Waals surface area contributed by atoms with Crippen LogP contribution in [-0.2, 0) is 23.8 Å². The van der Waals surface area contributed by atoms with Gasteiger partial charge in [0.15, 0.2) is 11.4 Å². The van der Waals surface area contributed by atoms with Crippen LogP contribution in [0.2, 0.25) is 0 Å². The molecule has 0 saturated heterocycles. The van der Waals surface area contributed by atoms with Crippen LogP contribution in [0, 0.1) is 37.5 Å². The van der Waals surface area contributed by atoms with Crippen molar-refractivity contribution in [2.75, 3.05) is 19.5 Å². The smallest absolute Gasteiger partial charge is 0.302 e. The third kappa shape index (κ3) is 8.32. The van der Waals surface area contributed by atoms with Gasteiger partial charge < -0.3 is 44.7 Å². The van der Waals surface area contributed by atoms with Crippen molar-refractivity contribution in [3.63, 3.8) is 0 Å². The number of Topliss-reactive ketones (excluding diaryl/α,β-unsaturated/α-hetero) is 1. The number of amides is 1. The number of methoxy groups -OCH3 is 2. The Hall–Kier alpha value is -5.44. The van der Waals surface area contributed by atoms with E-state index in [0.29, 0.717) is 17.6 Å². The highest BCUT2D eigenvalue weighted by Crippen LogP contribution is 2.54. The SMILES string of the molecule is CCC1(C)Oc2c(C)c(O)c3c(O)c(NC(=O)C(C)=CC=CC(C)C(O)C(C)C(O)C(C)C(OC(C)=O)C(C)C(C=COC)OC)c4c(nc5cc(C)ccn54)c3c2C1=O. The zero-order valence-electron chi connectivity index (χ0n) is 36.5. The lowest BCUT2D eigenvalue weighted by Gasteiger charge is -2.38. The minimum Gasteiger partial charge on any atom is -0.507 e. The molecule has 14 heteroatoms. The highest BCUT2D eigenvalue weighted by molar-refractivity contribution is 6.28. The van der Waals surface area contributed by atoms with Gasteiger partial charge in [-0.25, -0.2) is 4.98 Å². The summed E-state index contributed by atoms with van der Waals surface area (Å²) in [6, 6.07) is 3.69. The number of phenols is 2. The number of allylic oxidation sites excluding steroid dienone is 2. The number of aromatic hydroxyl groups is 2. The first-order chi connectivity index (χ1) is 28.2. The summed E-state index contributed by atoms with van der Waals surface area (Å²) in [5, 5.41) is 49.4. The highest BCUT2D eigenvalue weighted by Gasteiger charge is 2.46. The van der Waals surface area contributed by atoms with Gasteiger partial charge in [-0.15, -0.1) is 0 Å². The van der Waals surface area contributed by atoms with Gasteiger partial charge in [-0.2, -0.15) is 0 Å². The number of aliphatic hydroxyl groups is 2. The van der Waals surface area contributed by atoms with E-state index in [0.717, 1.165) is 5.56 Å². The zero-order chi connectivity index (χ0) is 44.5. The number of esters is 1. The van der Waals surface area contributed by atoms with E-state index in [-0.39, 0.29) is 61.9 Å². The van der Waals surface area contributed by atoms with E-state index in [1.807, 2.05) is 32.9 Å². The fourth-order valence-electron chi connectivity index (χ4n) is 8.16. The molecule has 0 radical (unpaired) electrons. The molecule has 1 aliphatic heterocycles. The van der Waals surface area contributed by atoms with Crippen molar-refractivity contribution in [3.8, 4) is 17.2 Å². The molecule has 0 saturated carbocycles. The number of ether oxygens (including phenoxy) is 4. The number of rotatable bonds is 16. The number of anilines is 1. The molecule has 0 aliphatic carbocycles. The maximum absolute atomic E-state index is 14.0. The number of nitrogens with one attached hydrogen (secondary N) is 1. The van der Waals surface area contributed by atoms with Crippen LogP contribution in [-0.4, -0.2) is 91.7 Å². The third-order valence-electron chi connectivity index (χ3n) is 12.1. The minimum absolute atomic E-state index is 0.0107. The predicted molar refractivity (Wildman–Crippen MR) is 229 cm³/mol. The third-order valence-corrected chi connectivity index (χ3v) is 12.1. The van der Waals surface area contributed by atoms with Gasteiger partial charge in [-0.05, 0) is 57.9 Å². The Bertz CT molecular complexity index is 2400. The number of aryl methyl sites for hydroxylation is 1. The largest absolute Gasteiger partial charge is 0.507 e. The van der Waals surface area contributed by atoms with E-state index in [9.17, 15) is 34.8 Å². The van der Waals surface area contributed by atoms with E-state index in [4.69, 9.17) is 23.9 Å². The number of hydrogen-bond acceptors (Lipinski definition) is 12. The van der Waals surface area contributed by atoms with Gasteiger partial charge in [-0.1, -0.05) is 52.8 Å². The maximum Gasteiger partial charge on any atom is 0.302 e. The Labute approximate surface area is 350 Å². The lowest BCUT2D eigenvalue weighted by molar-refractivity contribution is -0.160. The van der Waals surface area contributed by atoms with Crippen LogP contribution >= 0.6 is 0 Å². The monoisotopic (exact) mass is 829 g/mol. The van der Waals surface area contributed by atoms with E-state index in [1.54, 1.807) is 76.4 Å². The van der Waals surface area contributed by atoms with E-state index in [2.05, 4.69) is 5.32 Å². The number of carbonyl (C=O) groups is 3. The predicted octanol–water partition coefficient (Wildman–Crippen LogP) is 7.23. The Morgan fingerprint density at radius 2 is 1.68 bits per heavy atom. The molecule has 9 atom stereocenters. The normalized spacial score (nSPS) is 19.9. The summed E-state index contributed by atoms with van der Waals surface area (Å²) in [6.45, 7) is 17.0. The Morgan fingerprint density at radius 1 is 1.00 bits per heavy atom. The molecule has 4 aromatic rings. The Morgan fingerprint density at radius 3 is 2.30 bits per heavy atom. The van der Waals surface area contributed by atoms with Crippen LogP contribution < -0.4 is 10.1 Å². The van der Waals surface area contributed by atoms with Crippen molar-refractivity contribution in [2.24, 2.45) is 23.7 Å². The van der Waals surface area contributed by atoms with Gasteiger partial charge in [0.1, 0.15) is 40.0 Å². The summed E-state index contributed by atoms with van der Waals surface area (Å²) < 4.78 is 24.2. The Balaban J connectivity index is 1.43. The van der Waals surface area contributed by atoms with Crippen molar-refractivity contribution >= 4 is 50.8 Å². The Kier molecular flexibility index (Phi) is 13.7.